The number of aromatic nitrogens is 1. The van der Waals surface area contributed by atoms with E-state index >= 15 is 0 Å². The van der Waals surface area contributed by atoms with Gasteiger partial charge in [0, 0.05) is 32.4 Å². The van der Waals surface area contributed by atoms with Gasteiger partial charge in [0.05, 0.1) is 12.2 Å². The molecular weight excluding hydrogens is 363 g/mol. The number of amides is 3. The average molecular weight is 385 g/mol. The number of alkyl halides is 3. The molecule has 0 saturated carbocycles. The zero-order valence-electron chi connectivity index (χ0n) is 15.0. The number of rotatable bonds is 5. The van der Waals surface area contributed by atoms with Gasteiger partial charge in [-0.1, -0.05) is 13.3 Å². The van der Waals surface area contributed by atoms with Crippen LogP contribution in [0.15, 0.2) is 18.3 Å². The standard InChI is InChI=1S/C17H22F3N5O2/c1-2-3-13-15(26)25(16(27)22-13)11-23-6-8-24(9-7-23)14-5-4-12(10-21-14)17(18,19)20/h4-5,10,13H,2-3,6-9,11H2,1H3,(H,22,27)/t13-/m0/s1. The van der Waals surface area contributed by atoms with Gasteiger partial charge in [0.15, 0.2) is 0 Å². The highest BCUT2D eigenvalue weighted by Gasteiger charge is 2.38. The van der Waals surface area contributed by atoms with E-state index < -0.39 is 17.8 Å². The predicted molar refractivity (Wildman–Crippen MR) is 92.0 cm³/mol. The predicted octanol–water partition coefficient (Wildman–Crippen LogP) is 1.90. The molecule has 2 aliphatic heterocycles. The molecule has 2 fully saturated rings. The average Bonchev–Trinajstić information content (AvgIpc) is 2.90. The summed E-state index contributed by atoms with van der Waals surface area (Å²) in [6.07, 6.45) is -2.14. The third-order valence-electron chi connectivity index (χ3n) is 4.80. The molecule has 3 rings (SSSR count). The van der Waals surface area contributed by atoms with Gasteiger partial charge in [0.1, 0.15) is 11.9 Å². The SMILES string of the molecule is CCC[C@@H]1NC(=O)N(CN2CCN(c3ccc(C(F)(F)F)cn3)CC2)C1=O. The van der Waals surface area contributed by atoms with Crippen molar-refractivity contribution in [1.82, 2.24) is 20.1 Å². The number of carbonyl (C=O) groups is 2. The number of hydrogen-bond acceptors (Lipinski definition) is 5. The molecule has 1 aromatic heterocycles. The van der Waals surface area contributed by atoms with E-state index in [1.807, 2.05) is 16.7 Å². The van der Waals surface area contributed by atoms with Gasteiger partial charge >= 0.3 is 12.2 Å². The summed E-state index contributed by atoms with van der Waals surface area (Å²) in [6, 6.07) is 1.58. The Hall–Kier alpha value is -2.36. The molecule has 7 nitrogen and oxygen atoms in total. The first-order chi connectivity index (χ1) is 12.8. The maximum atomic E-state index is 12.6. The third-order valence-corrected chi connectivity index (χ3v) is 4.80. The molecule has 0 spiro atoms. The number of carbonyl (C=O) groups excluding carboxylic acids is 2. The van der Waals surface area contributed by atoms with Crippen molar-refractivity contribution in [3.05, 3.63) is 23.9 Å². The lowest BCUT2D eigenvalue weighted by molar-refractivity contribution is -0.137. The molecule has 0 aliphatic carbocycles. The molecular formula is C17H22F3N5O2. The highest BCUT2D eigenvalue weighted by molar-refractivity contribution is 6.04. The summed E-state index contributed by atoms with van der Waals surface area (Å²) in [5.74, 6) is 0.286. The van der Waals surface area contributed by atoms with Crippen molar-refractivity contribution in [2.45, 2.75) is 32.0 Å². The Morgan fingerprint density at radius 1 is 1.19 bits per heavy atom. The van der Waals surface area contributed by atoms with E-state index in [2.05, 4.69) is 10.3 Å². The smallest absolute Gasteiger partial charge is 0.354 e. The van der Waals surface area contributed by atoms with E-state index in [0.717, 1.165) is 18.7 Å². The number of halogens is 3. The van der Waals surface area contributed by atoms with Gasteiger partial charge in [-0.3, -0.25) is 9.69 Å². The molecule has 2 aliphatic rings. The Bertz CT molecular complexity index is 687. The summed E-state index contributed by atoms with van der Waals surface area (Å²) < 4.78 is 37.9. The van der Waals surface area contributed by atoms with Crippen LogP contribution in [0.25, 0.3) is 0 Å². The third kappa shape index (κ3) is 4.32. The van der Waals surface area contributed by atoms with Gasteiger partial charge in [-0.05, 0) is 18.6 Å². The number of nitrogens with one attached hydrogen (secondary N) is 1. The largest absolute Gasteiger partial charge is 0.417 e. The molecule has 10 heteroatoms. The summed E-state index contributed by atoms with van der Waals surface area (Å²) in [4.78, 5) is 33.3. The van der Waals surface area contributed by atoms with Crippen LogP contribution in [-0.4, -0.2) is 65.6 Å². The van der Waals surface area contributed by atoms with Crippen LogP contribution < -0.4 is 10.2 Å². The fourth-order valence-electron chi connectivity index (χ4n) is 3.25. The van der Waals surface area contributed by atoms with Gasteiger partial charge in [-0.25, -0.2) is 14.7 Å². The second-order valence-electron chi connectivity index (χ2n) is 6.71. The van der Waals surface area contributed by atoms with Crippen LogP contribution in [0.4, 0.5) is 23.8 Å². The van der Waals surface area contributed by atoms with Crippen molar-refractivity contribution >= 4 is 17.8 Å². The number of piperazine rings is 1. The fourth-order valence-corrected chi connectivity index (χ4v) is 3.25. The van der Waals surface area contributed by atoms with Crippen LogP contribution in [0.5, 0.6) is 0 Å². The van der Waals surface area contributed by atoms with E-state index in [4.69, 9.17) is 0 Å². The Balaban J connectivity index is 1.53. The minimum atomic E-state index is -4.40. The Morgan fingerprint density at radius 3 is 2.44 bits per heavy atom. The van der Waals surface area contributed by atoms with E-state index in [9.17, 15) is 22.8 Å². The van der Waals surface area contributed by atoms with E-state index in [0.29, 0.717) is 38.4 Å². The number of hydrogen-bond donors (Lipinski definition) is 1. The fraction of sp³-hybridized carbons (Fsp3) is 0.588. The lowest BCUT2D eigenvalue weighted by Gasteiger charge is -2.36. The number of anilines is 1. The highest BCUT2D eigenvalue weighted by atomic mass is 19.4. The van der Waals surface area contributed by atoms with Crippen molar-refractivity contribution in [2.24, 2.45) is 0 Å². The van der Waals surface area contributed by atoms with Gasteiger partial charge in [-0.2, -0.15) is 13.2 Å². The maximum Gasteiger partial charge on any atom is 0.417 e. The lowest BCUT2D eigenvalue weighted by atomic mass is 10.2. The minimum absolute atomic E-state index is 0.200. The molecule has 3 amide bonds. The summed E-state index contributed by atoms with van der Waals surface area (Å²) in [6.45, 7) is 4.45. The molecule has 0 aromatic carbocycles. The number of nitrogens with zero attached hydrogens (tertiary/aromatic N) is 4. The summed E-state index contributed by atoms with van der Waals surface area (Å²) in [5, 5.41) is 2.69. The van der Waals surface area contributed by atoms with E-state index in [1.54, 1.807) is 0 Å². The van der Waals surface area contributed by atoms with Crippen molar-refractivity contribution in [3.63, 3.8) is 0 Å². The van der Waals surface area contributed by atoms with Gasteiger partial charge in [-0.15, -0.1) is 0 Å². The van der Waals surface area contributed by atoms with Crippen LogP contribution in [0.3, 0.4) is 0 Å². The summed E-state index contributed by atoms with van der Waals surface area (Å²) in [7, 11) is 0. The van der Waals surface area contributed by atoms with Crippen LogP contribution >= 0.6 is 0 Å². The zero-order valence-corrected chi connectivity index (χ0v) is 15.0. The molecule has 0 radical (unpaired) electrons. The van der Waals surface area contributed by atoms with Crippen LogP contribution in [0.1, 0.15) is 25.3 Å². The lowest BCUT2D eigenvalue weighted by Crippen LogP contribution is -2.51. The van der Waals surface area contributed by atoms with E-state index in [1.165, 1.54) is 11.0 Å². The monoisotopic (exact) mass is 385 g/mol. The van der Waals surface area contributed by atoms with Gasteiger partial charge in [0.25, 0.3) is 5.91 Å². The molecule has 0 bridgehead atoms. The van der Waals surface area contributed by atoms with Crippen molar-refractivity contribution in [1.29, 1.82) is 0 Å². The van der Waals surface area contributed by atoms with Gasteiger partial charge in [0.2, 0.25) is 0 Å². The zero-order chi connectivity index (χ0) is 19.6. The quantitative estimate of drug-likeness (QED) is 0.784. The first kappa shape index (κ1) is 19.4. The Morgan fingerprint density at radius 2 is 1.89 bits per heavy atom. The molecule has 3 heterocycles. The molecule has 1 N–H and O–H groups in total. The molecule has 1 aromatic rings. The highest BCUT2D eigenvalue weighted by Crippen LogP contribution is 2.29. The summed E-state index contributed by atoms with van der Waals surface area (Å²) >= 11 is 0. The van der Waals surface area contributed by atoms with Crippen molar-refractivity contribution in [3.8, 4) is 0 Å². The van der Waals surface area contributed by atoms with Crippen molar-refractivity contribution in [2.75, 3.05) is 37.7 Å². The second kappa shape index (κ2) is 7.71. The number of urea groups is 1. The van der Waals surface area contributed by atoms with Crippen LogP contribution in [-0.2, 0) is 11.0 Å². The second-order valence-corrected chi connectivity index (χ2v) is 6.71. The molecule has 2 saturated heterocycles. The topological polar surface area (TPSA) is 68.8 Å². The number of pyridine rings is 1. The normalized spacial score (nSPS) is 21.7. The molecule has 148 valence electrons. The molecule has 1 atom stereocenters. The van der Waals surface area contributed by atoms with Crippen LogP contribution in [0, 0.1) is 0 Å². The number of imide groups is 1. The molecule has 27 heavy (non-hydrogen) atoms. The first-order valence-electron chi connectivity index (χ1n) is 8.92. The first-order valence-corrected chi connectivity index (χ1v) is 8.92. The summed E-state index contributed by atoms with van der Waals surface area (Å²) in [5.41, 5.74) is -0.773. The van der Waals surface area contributed by atoms with Crippen molar-refractivity contribution < 1.29 is 22.8 Å². The maximum absolute atomic E-state index is 12.6. The van der Waals surface area contributed by atoms with Crippen LogP contribution in [0.2, 0.25) is 0 Å². The van der Waals surface area contributed by atoms with Gasteiger partial charge < -0.3 is 10.2 Å². The Kier molecular flexibility index (Phi) is 5.54. The Labute approximate surface area is 155 Å². The molecule has 0 unspecified atom stereocenters. The van der Waals surface area contributed by atoms with E-state index in [-0.39, 0.29) is 18.6 Å². The minimum Gasteiger partial charge on any atom is -0.354 e.